The van der Waals surface area contributed by atoms with Crippen molar-refractivity contribution in [3.05, 3.63) is 0 Å². The predicted octanol–water partition coefficient (Wildman–Crippen LogP) is 3.39. The van der Waals surface area contributed by atoms with E-state index in [1.54, 1.807) is 0 Å². The lowest BCUT2D eigenvalue weighted by Crippen LogP contribution is -2.42. The molecule has 0 aliphatic carbocycles. The number of likely N-dealkylation sites (tertiary alicyclic amines) is 1. The molecule has 0 saturated carbocycles. The summed E-state index contributed by atoms with van der Waals surface area (Å²) in [7, 11) is 0. The zero-order chi connectivity index (χ0) is 17.1. The molecule has 6 heteroatoms. The van der Waals surface area contributed by atoms with Crippen LogP contribution in [-0.4, -0.2) is 49.0 Å². The van der Waals surface area contributed by atoms with Gasteiger partial charge in [-0.05, 0) is 44.9 Å². The minimum absolute atomic E-state index is 0. The van der Waals surface area contributed by atoms with Gasteiger partial charge in [-0.15, -0.1) is 24.0 Å². The Balaban J connectivity index is 0.00000529. The number of rotatable bonds is 10. The SMILES string of the molecule is CCNC(=NCCCC(C)C)NCCC(CC)N1CCCC1=O.I. The summed E-state index contributed by atoms with van der Waals surface area (Å²) in [5.74, 6) is 1.97. The van der Waals surface area contributed by atoms with Crippen molar-refractivity contribution < 1.29 is 4.79 Å². The molecule has 1 rings (SSSR count). The summed E-state index contributed by atoms with van der Waals surface area (Å²) in [5, 5.41) is 6.71. The second-order valence-electron chi connectivity index (χ2n) is 6.76. The van der Waals surface area contributed by atoms with Crippen LogP contribution in [0.25, 0.3) is 0 Å². The number of halogens is 1. The van der Waals surface area contributed by atoms with Crippen LogP contribution in [0, 0.1) is 5.92 Å². The molecule has 1 unspecified atom stereocenters. The van der Waals surface area contributed by atoms with Crippen molar-refractivity contribution in [1.29, 1.82) is 0 Å². The van der Waals surface area contributed by atoms with Crippen molar-refractivity contribution in [2.45, 2.75) is 72.3 Å². The monoisotopic (exact) mass is 452 g/mol. The van der Waals surface area contributed by atoms with E-state index in [0.717, 1.165) is 70.2 Å². The normalized spacial score (nSPS) is 16.3. The van der Waals surface area contributed by atoms with Crippen LogP contribution in [0.15, 0.2) is 4.99 Å². The van der Waals surface area contributed by atoms with Gasteiger partial charge in [-0.3, -0.25) is 9.79 Å². The molecule has 1 atom stereocenters. The lowest BCUT2D eigenvalue weighted by molar-refractivity contribution is -0.129. The number of hydrogen-bond acceptors (Lipinski definition) is 2. The standard InChI is InChI=1S/C18H36N4O.HI/c1-5-16(22-14-8-10-17(22)23)11-13-21-18(19-6-2)20-12-7-9-15(3)4;/h15-16H,5-14H2,1-4H3,(H2,19,20,21);1H. The summed E-state index contributed by atoms with van der Waals surface area (Å²) in [6.07, 6.45) is 6.10. The summed E-state index contributed by atoms with van der Waals surface area (Å²) in [6.45, 7) is 12.3. The smallest absolute Gasteiger partial charge is 0.222 e. The number of amides is 1. The average Bonchev–Trinajstić information content (AvgIpc) is 2.93. The maximum Gasteiger partial charge on any atom is 0.222 e. The number of carbonyl (C=O) groups excluding carboxylic acids is 1. The minimum atomic E-state index is 0. The molecule has 142 valence electrons. The minimum Gasteiger partial charge on any atom is -0.357 e. The summed E-state index contributed by atoms with van der Waals surface area (Å²) in [5.41, 5.74) is 0. The Morgan fingerprint density at radius 3 is 2.54 bits per heavy atom. The Labute approximate surface area is 165 Å². The van der Waals surface area contributed by atoms with Crippen molar-refractivity contribution in [3.63, 3.8) is 0 Å². The number of aliphatic imine (C=N–C) groups is 1. The van der Waals surface area contributed by atoms with Crippen LogP contribution in [0.1, 0.15) is 66.2 Å². The van der Waals surface area contributed by atoms with Crippen molar-refractivity contribution in [2.75, 3.05) is 26.2 Å². The van der Waals surface area contributed by atoms with Gasteiger partial charge in [-0.2, -0.15) is 0 Å². The van der Waals surface area contributed by atoms with Crippen LogP contribution in [0.3, 0.4) is 0 Å². The zero-order valence-electron chi connectivity index (χ0n) is 15.9. The number of hydrogen-bond donors (Lipinski definition) is 2. The third-order valence-corrected chi connectivity index (χ3v) is 4.35. The molecule has 1 amide bonds. The molecular weight excluding hydrogens is 415 g/mol. The van der Waals surface area contributed by atoms with Crippen LogP contribution in [0.4, 0.5) is 0 Å². The van der Waals surface area contributed by atoms with Crippen LogP contribution in [-0.2, 0) is 4.79 Å². The Bertz CT molecular complexity index is 374. The first-order valence-corrected chi connectivity index (χ1v) is 9.40. The molecule has 1 heterocycles. The maximum atomic E-state index is 11.9. The highest BCUT2D eigenvalue weighted by Gasteiger charge is 2.26. The summed E-state index contributed by atoms with van der Waals surface area (Å²) in [4.78, 5) is 18.6. The topological polar surface area (TPSA) is 56.7 Å². The number of nitrogens with one attached hydrogen (secondary N) is 2. The lowest BCUT2D eigenvalue weighted by Gasteiger charge is -2.27. The van der Waals surface area contributed by atoms with Gasteiger partial charge in [0.15, 0.2) is 5.96 Å². The fraction of sp³-hybridized carbons (Fsp3) is 0.889. The molecule has 5 nitrogen and oxygen atoms in total. The Morgan fingerprint density at radius 1 is 1.25 bits per heavy atom. The first-order valence-electron chi connectivity index (χ1n) is 9.40. The first-order chi connectivity index (χ1) is 11.1. The third kappa shape index (κ3) is 9.08. The van der Waals surface area contributed by atoms with Crippen molar-refractivity contribution in [1.82, 2.24) is 15.5 Å². The van der Waals surface area contributed by atoms with Gasteiger partial charge < -0.3 is 15.5 Å². The number of guanidine groups is 1. The second-order valence-corrected chi connectivity index (χ2v) is 6.76. The van der Waals surface area contributed by atoms with E-state index >= 15 is 0 Å². The molecule has 1 aliphatic rings. The van der Waals surface area contributed by atoms with Gasteiger partial charge >= 0.3 is 0 Å². The van der Waals surface area contributed by atoms with Crippen LogP contribution in [0.2, 0.25) is 0 Å². The predicted molar refractivity (Wildman–Crippen MR) is 113 cm³/mol. The Hall–Kier alpha value is -0.530. The van der Waals surface area contributed by atoms with Gasteiger partial charge in [0.05, 0.1) is 0 Å². The highest BCUT2D eigenvalue weighted by atomic mass is 127. The highest BCUT2D eigenvalue weighted by molar-refractivity contribution is 14.0. The van der Waals surface area contributed by atoms with E-state index in [-0.39, 0.29) is 24.0 Å². The molecule has 24 heavy (non-hydrogen) atoms. The zero-order valence-corrected chi connectivity index (χ0v) is 18.3. The molecule has 0 aromatic heterocycles. The molecule has 0 aromatic carbocycles. The van der Waals surface area contributed by atoms with E-state index in [4.69, 9.17) is 0 Å². The Kier molecular flexibility index (Phi) is 13.4. The van der Waals surface area contributed by atoms with Crippen molar-refractivity contribution in [3.8, 4) is 0 Å². The molecule has 1 fully saturated rings. The van der Waals surface area contributed by atoms with Gasteiger partial charge in [0.1, 0.15) is 0 Å². The molecule has 1 saturated heterocycles. The lowest BCUT2D eigenvalue weighted by atomic mass is 10.1. The molecule has 2 N–H and O–H groups in total. The van der Waals surface area contributed by atoms with Gasteiger partial charge in [0.2, 0.25) is 5.91 Å². The van der Waals surface area contributed by atoms with Gasteiger partial charge in [-0.1, -0.05) is 20.8 Å². The molecular formula is C18H37IN4O. The molecule has 0 spiro atoms. The van der Waals surface area contributed by atoms with E-state index < -0.39 is 0 Å². The van der Waals surface area contributed by atoms with E-state index in [9.17, 15) is 4.79 Å². The van der Waals surface area contributed by atoms with Gasteiger partial charge in [0, 0.05) is 38.6 Å². The van der Waals surface area contributed by atoms with Crippen molar-refractivity contribution >= 4 is 35.8 Å². The van der Waals surface area contributed by atoms with E-state index in [2.05, 4.69) is 48.2 Å². The first kappa shape index (κ1) is 23.5. The summed E-state index contributed by atoms with van der Waals surface area (Å²) in [6, 6.07) is 0.362. The van der Waals surface area contributed by atoms with E-state index in [1.807, 2.05) is 0 Å². The molecule has 1 aliphatic heterocycles. The number of nitrogens with zero attached hydrogens (tertiary/aromatic N) is 2. The summed E-state index contributed by atoms with van der Waals surface area (Å²) < 4.78 is 0. The Morgan fingerprint density at radius 2 is 2.00 bits per heavy atom. The van der Waals surface area contributed by atoms with Crippen molar-refractivity contribution in [2.24, 2.45) is 10.9 Å². The molecule has 0 bridgehead atoms. The fourth-order valence-electron chi connectivity index (χ4n) is 3.02. The molecule has 0 radical (unpaired) electrons. The van der Waals surface area contributed by atoms with Crippen LogP contribution >= 0.6 is 24.0 Å². The second kappa shape index (κ2) is 13.7. The fourth-order valence-corrected chi connectivity index (χ4v) is 3.02. The van der Waals surface area contributed by atoms with Gasteiger partial charge in [0.25, 0.3) is 0 Å². The molecule has 0 aromatic rings. The van der Waals surface area contributed by atoms with E-state index in [0.29, 0.717) is 11.9 Å². The number of carbonyl (C=O) groups is 1. The quantitative estimate of drug-likeness (QED) is 0.231. The van der Waals surface area contributed by atoms with Crippen LogP contribution < -0.4 is 10.6 Å². The third-order valence-electron chi connectivity index (χ3n) is 4.35. The highest BCUT2D eigenvalue weighted by Crippen LogP contribution is 2.17. The average molecular weight is 452 g/mol. The maximum absolute atomic E-state index is 11.9. The van der Waals surface area contributed by atoms with Crippen LogP contribution in [0.5, 0.6) is 0 Å². The van der Waals surface area contributed by atoms with Gasteiger partial charge in [-0.25, -0.2) is 0 Å². The van der Waals surface area contributed by atoms with E-state index in [1.165, 1.54) is 6.42 Å². The summed E-state index contributed by atoms with van der Waals surface area (Å²) >= 11 is 0. The largest absolute Gasteiger partial charge is 0.357 e.